The van der Waals surface area contributed by atoms with Crippen molar-refractivity contribution in [1.82, 2.24) is 20.5 Å². The Morgan fingerprint density at radius 2 is 2.31 bits per heavy atom. The molecule has 0 unspecified atom stereocenters. The zero-order valence-electron chi connectivity index (χ0n) is 9.40. The first-order chi connectivity index (χ1) is 7.92. The summed E-state index contributed by atoms with van der Waals surface area (Å²) in [5.74, 6) is 0. The van der Waals surface area contributed by atoms with E-state index in [1.807, 2.05) is 24.5 Å². The molecule has 0 aromatic carbocycles. The van der Waals surface area contributed by atoms with Crippen LogP contribution in [0.2, 0.25) is 0 Å². The first kappa shape index (κ1) is 10.8. The van der Waals surface area contributed by atoms with Crippen molar-refractivity contribution in [3.8, 4) is 11.3 Å². The van der Waals surface area contributed by atoms with Gasteiger partial charge in [0.05, 0.1) is 11.9 Å². The Balaban J connectivity index is 2.13. The number of pyridine rings is 1. The minimum absolute atomic E-state index is 0.842. The number of H-pyrrole nitrogens is 1. The molecule has 0 amide bonds. The number of hydrogen-bond donors (Lipinski definition) is 2. The molecule has 0 bridgehead atoms. The van der Waals surface area contributed by atoms with E-state index < -0.39 is 0 Å². The van der Waals surface area contributed by atoms with E-state index in [2.05, 4.69) is 27.4 Å². The number of nitrogens with one attached hydrogen (secondary N) is 2. The summed E-state index contributed by atoms with van der Waals surface area (Å²) < 4.78 is 0. The van der Waals surface area contributed by atoms with Gasteiger partial charge in [0.1, 0.15) is 0 Å². The fourth-order valence-electron chi connectivity index (χ4n) is 1.61. The zero-order chi connectivity index (χ0) is 11.2. The van der Waals surface area contributed by atoms with Crippen LogP contribution in [0.15, 0.2) is 30.7 Å². The highest BCUT2D eigenvalue weighted by atomic mass is 15.1. The Kier molecular flexibility index (Phi) is 3.66. The molecular formula is C12H16N4. The topological polar surface area (TPSA) is 53.6 Å². The van der Waals surface area contributed by atoms with Crippen molar-refractivity contribution in [3.05, 3.63) is 36.3 Å². The molecule has 4 heteroatoms. The van der Waals surface area contributed by atoms with Gasteiger partial charge in [0, 0.05) is 30.1 Å². The number of aromatic amines is 1. The number of rotatable bonds is 5. The molecule has 0 aliphatic heterocycles. The molecule has 2 aromatic rings. The van der Waals surface area contributed by atoms with Crippen LogP contribution < -0.4 is 5.32 Å². The monoisotopic (exact) mass is 216 g/mol. The van der Waals surface area contributed by atoms with Crippen molar-refractivity contribution in [3.63, 3.8) is 0 Å². The van der Waals surface area contributed by atoms with Gasteiger partial charge in [0.2, 0.25) is 0 Å². The standard InChI is InChI=1S/C12H16N4/c1-2-5-13-8-11-9-15-16-12(11)10-4-3-6-14-7-10/h3-4,6-7,9,13H,2,5,8H2,1H3,(H,15,16). The second-order valence-electron chi connectivity index (χ2n) is 3.69. The number of nitrogens with zero attached hydrogens (tertiary/aromatic N) is 2. The first-order valence-corrected chi connectivity index (χ1v) is 5.55. The fourth-order valence-corrected chi connectivity index (χ4v) is 1.61. The molecule has 0 fully saturated rings. The van der Waals surface area contributed by atoms with Gasteiger partial charge in [0.15, 0.2) is 0 Å². The predicted molar refractivity (Wildman–Crippen MR) is 63.8 cm³/mol. The van der Waals surface area contributed by atoms with Gasteiger partial charge in [-0.2, -0.15) is 5.10 Å². The lowest BCUT2D eigenvalue weighted by Gasteiger charge is -2.03. The predicted octanol–water partition coefficient (Wildman–Crippen LogP) is 1.97. The van der Waals surface area contributed by atoms with Crippen molar-refractivity contribution in [2.24, 2.45) is 0 Å². The van der Waals surface area contributed by atoms with Gasteiger partial charge in [0.25, 0.3) is 0 Å². The van der Waals surface area contributed by atoms with Crippen molar-refractivity contribution in [2.75, 3.05) is 6.54 Å². The average Bonchev–Trinajstić information content (AvgIpc) is 2.79. The molecule has 0 saturated heterocycles. The van der Waals surface area contributed by atoms with Gasteiger partial charge in [-0.05, 0) is 25.1 Å². The van der Waals surface area contributed by atoms with Crippen LogP contribution in [0.3, 0.4) is 0 Å². The Morgan fingerprint density at radius 3 is 3.06 bits per heavy atom. The molecule has 0 aliphatic carbocycles. The van der Waals surface area contributed by atoms with Gasteiger partial charge in [-0.25, -0.2) is 0 Å². The molecule has 0 spiro atoms. The van der Waals surface area contributed by atoms with E-state index in [4.69, 9.17) is 0 Å². The van der Waals surface area contributed by atoms with Crippen LogP contribution in [0, 0.1) is 0 Å². The molecule has 4 nitrogen and oxygen atoms in total. The highest BCUT2D eigenvalue weighted by Gasteiger charge is 2.06. The number of aromatic nitrogens is 3. The van der Waals surface area contributed by atoms with Crippen molar-refractivity contribution >= 4 is 0 Å². The summed E-state index contributed by atoms with van der Waals surface area (Å²) in [7, 11) is 0. The van der Waals surface area contributed by atoms with Gasteiger partial charge in [-0.1, -0.05) is 6.92 Å². The lowest BCUT2D eigenvalue weighted by atomic mass is 10.1. The Hall–Kier alpha value is -1.68. The normalized spacial score (nSPS) is 10.6. The van der Waals surface area contributed by atoms with E-state index in [0.717, 1.165) is 30.8 Å². The molecule has 0 radical (unpaired) electrons. The molecule has 2 heterocycles. The summed E-state index contributed by atoms with van der Waals surface area (Å²) in [6.45, 7) is 4.02. The smallest absolute Gasteiger partial charge is 0.0710 e. The summed E-state index contributed by atoms with van der Waals surface area (Å²) in [6.07, 6.45) is 6.62. The summed E-state index contributed by atoms with van der Waals surface area (Å²) in [5, 5.41) is 10.5. The quantitative estimate of drug-likeness (QED) is 0.751. The minimum atomic E-state index is 0.842. The van der Waals surface area contributed by atoms with Crippen molar-refractivity contribution < 1.29 is 0 Å². The minimum Gasteiger partial charge on any atom is -0.313 e. The molecule has 2 rings (SSSR count). The van der Waals surface area contributed by atoms with E-state index in [0.29, 0.717) is 0 Å². The summed E-state index contributed by atoms with van der Waals surface area (Å²) in [6, 6.07) is 3.96. The third kappa shape index (κ3) is 2.46. The Bertz CT molecular complexity index is 422. The van der Waals surface area contributed by atoms with Crippen LogP contribution in [-0.4, -0.2) is 21.7 Å². The fraction of sp³-hybridized carbons (Fsp3) is 0.333. The van der Waals surface area contributed by atoms with Crippen LogP contribution >= 0.6 is 0 Å². The Labute approximate surface area is 95.1 Å². The summed E-state index contributed by atoms with van der Waals surface area (Å²) in [4.78, 5) is 4.11. The second-order valence-corrected chi connectivity index (χ2v) is 3.69. The molecule has 0 saturated carbocycles. The third-order valence-electron chi connectivity index (χ3n) is 2.41. The molecule has 0 aliphatic rings. The van der Waals surface area contributed by atoms with Crippen LogP contribution in [0.25, 0.3) is 11.3 Å². The SMILES string of the molecule is CCCNCc1cn[nH]c1-c1cccnc1. The van der Waals surface area contributed by atoms with E-state index in [9.17, 15) is 0 Å². The molecule has 2 aromatic heterocycles. The van der Waals surface area contributed by atoms with E-state index in [-0.39, 0.29) is 0 Å². The van der Waals surface area contributed by atoms with E-state index in [1.54, 1.807) is 6.20 Å². The lowest BCUT2D eigenvalue weighted by molar-refractivity contribution is 0.676. The maximum Gasteiger partial charge on any atom is 0.0710 e. The maximum absolute atomic E-state index is 4.11. The van der Waals surface area contributed by atoms with Crippen molar-refractivity contribution in [1.29, 1.82) is 0 Å². The highest BCUT2D eigenvalue weighted by Crippen LogP contribution is 2.19. The molecular weight excluding hydrogens is 200 g/mol. The molecule has 0 atom stereocenters. The van der Waals surface area contributed by atoms with Crippen molar-refractivity contribution in [2.45, 2.75) is 19.9 Å². The van der Waals surface area contributed by atoms with E-state index in [1.165, 1.54) is 5.56 Å². The summed E-state index contributed by atoms with van der Waals surface area (Å²) in [5.41, 5.74) is 3.31. The molecule has 84 valence electrons. The molecule has 16 heavy (non-hydrogen) atoms. The van der Waals surface area contributed by atoms with Crippen LogP contribution in [0.5, 0.6) is 0 Å². The maximum atomic E-state index is 4.11. The number of hydrogen-bond acceptors (Lipinski definition) is 3. The lowest BCUT2D eigenvalue weighted by Crippen LogP contribution is -2.13. The highest BCUT2D eigenvalue weighted by molar-refractivity contribution is 5.61. The first-order valence-electron chi connectivity index (χ1n) is 5.55. The zero-order valence-corrected chi connectivity index (χ0v) is 9.40. The Morgan fingerprint density at radius 1 is 1.38 bits per heavy atom. The van der Waals surface area contributed by atoms with Crippen LogP contribution in [0.1, 0.15) is 18.9 Å². The van der Waals surface area contributed by atoms with Gasteiger partial charge < -0.3 is 5.32 Å². The third-order valence-corrected chi connectivity index (χ3v) is 2.41. The largest absolute Gasteiger partial charge is 0.313 e. The second kappa shape index (κ2) is 5.42. The average molecular weight is 216 g/mol. The van der Waals surface area contributed by atoms with E-state index >= 15 is 0 Å². The molecule has 2 N–H and O–H groups in total. The van der Waals surface area contributed by atoms with Crippen LogP contribution in [0.4, 0.5) is 0 Å². The van der Waals surface area contributed by atoms with Gasteiger partial charge in [-0.15, -0.1) is 0 Å². The van der Waals surface area contributed by atoms with Crippen LogP contribution in [-0.2, 0) is 6.54 Å². The summed E-state index contributed by atoms with van der Waals surface area (Å²) >= 11 is 0. The van der Waals surface area contributed by atoms with Gasteiger partial charge >= 0.3 is 0 Å². The van der Waals surface area contributed by atoms with Gasteiger partial charge in [-0.3, -0.25) is 10.1 Å².